The number of nitrogens with one attached hydrogen (secondary N) is 1. The molecule has 4 rings (SSSR count). The molecule has 1 amide bonds. The van der Waals surface area contributed by atoms with E-state index in [-0.39, 0.29) is 5.91 Å². The third-order valence-electron chi connectivity index (χ3n) is 5.69. The van der Waals surface area contributed by atoms with Gasteiger partial charge in [-0.05, 0) is 57.2 Å². The fourth-order valence-electron chi connectivity index (χ4n) is 3.99. The van der Waals surface area contributed by atoms with Gasteiger partial charge in [0.2, 0.25) is 0 Å². The molecular formula is C23H28N4O3. The maximum atomic E-state index is 12.9. The molecule has 1 atom stereocenters. The molecular weight excluding hydrogens is 380 g/mol. The Morgan fingerprint density at radius 3 is 2.80 bits per heavy atom. The first-order valence-corrected chi connectivity index (χ1v) is 10.5. The zero-order chi connectivity index (χ0) is 21.3. The molecule has 3 aromatic rings. The van der Waals surface area contributed by atoms with E-state index >= 15 is 0 Å². The molecule has 7 nitrogen and oxygen atoms in total. The van der Waals surface area contributed by atoms with Crippen LogP contribution in [-0.4, -0.2) is 27.5 Å². The summed E-state index contributed by atoms with van der Waals surface area (Å²) in [6, 6.07) is 7.98. The highest BCUT2D eigenvalue weighted by Crippen LogP contribution is 2.29. The molecule has 0 aliphatic heterocycles. The minimum absolute atomic E-state index is 0.235. The summed E-state index contributed by atoms with van der Waals surface area (Å²) in [6.07, 6.45) is 2.74. The Bertz CT molecular complexity index is 1050. The normalized spacial score (nSPS) is 15.7. The van der Waals surface area contributed by atoms with Gasteiger partial charge in [-0.15, -0.1) is 0 Å². The van der Waals surface area contributed by atoms with Crippen molar-refractivity contribution >= 4 is 11.6 Å². The van der Waals surface area contributed by atoms with Crippen LogP contribution in [0.15, 0.2) is 28.8 Å². The number of carbonyl (C=O) groups is 1. The molecule has 0 saturated carbocycles. The average molecular weight is 409 g/mol. The van der Waals surface area contributed by atoms with Gasteiger partial charge in [0.25, 0.3) is 5.91 Å². The number of aryl methyl sites for hydroxylation is 2. The molecule has 0 radical (unpaired) electrons. The number of carbonyl (C=O) groups excluding carboxylic acids is 1. The number of hydrogen-bond acceptors (Lipinski definition) is 5. The van der Waals surface area contributed by atoms with Crippen molar-refractivity contribution in [2.75, 3.05) is 11.9 Å². The van der Waals surface area contributed by atoms with E-state index in [1.165, 1.54) is 0 Å². The third-order valence-corrected chi connectivity index (χ3v) is 5.69. The molecule has 1 N–H and O–H groups in total. The molecule has 1 aliphatic rings. The van der Waals surface area contributed by atoms with Crippen LogP contribution in [0, 0.1) is 19.8 Å². The number of hydrogen-bond donors (Lipinski definition) is 1. The predicted molar refractivity (Wildman–Crippen MR) is 114 cm³/mol. The molecule has 0 bridgehead atoms. The van der Waals surface area contributed by atoms with Crippen molar-refractivity contribution in [3.05, 3.63) is 58.2 Å². The summed E-state index contributed by atoms with van der Waals surface area (Å²) in [7, 11) is 0. The van der Waals surface area contributed by atoms with Gasteiger partial charge in [0.15, 0.2) is 5.69 Å². The number of aromatic nitrogens is 3. The van der Waals surface area contributed by atoms with E-state index in [0.717, 1.165) is 59.0 Å². The van der Waals surface area contributed by atoms with Crippen LogP contribution in [0.4, 0.5) is 5.69 Å². The highest BCUT2D eigenvalue weighted by molar-refractivity contribution is 6.04. The lowest BCUT2D eigenvalue weighted by Crippen LogP contribution is -2.18. The van der Waals surface area contributed by atoms with Gasteiger partial charge in [0, 0.05) is 12.0 Å². The lowest BCUT2D eigenvalue weighted by Gasteiger charge is -2.16. The number of nitrogens with zero attached hydrogens (tertiary/aromatic N) is 3. The summed E-state index contributed by atoms with van der Waals surface area (Å²) < 4.78 is 12.8. The fraction of sp³-hybridized carbons (Fsp3) is 0.435. The van der Waals surface area contributed by atoms with Gasteiger partial charge in [-0.1, -0.05) is 24.2 Å². The van der Waals surface area contributed by atoms with E-state index in [0.29, 0.717) is 24.8 Å². The number of amides is 1. The molecule has 1 aromatic carbocycles. The molecule has 158 valence electrons. The van der Waals surface area contributed by atoms with Crippen molar-refractivity contribution in [1.29, 1.82) is 0 Å². The van der Waals surface area contributed by atoms with Crippen molar-refractivity contribution in [2.24, 2.45) is 5.92 Å². The van der Waals surface area contributed by atoms with Crippen LogP contribution in [0.25, 0.3) is 0 Å². The van der Waals surface area contributed by atoms with Crippen LogP contribution in [0.3, 0.4) is 0 Å². The van der Waals surface area contributed by atoms with Crippen LogP contribution < -0.4 is 10.1 Å². The summed E-state index contributed by atoms with van der Waals surface area (Å²) >= 11 is 0. The lowest BCUT2D eigenvalue weighted by atomic mass is 9.88. The predicted octanol–water partition coefficient (Wildman–Crippen LogP) is 4.31. The van der Waals surface area contributed by atoms with Crippen molar-refractivity contribution < 1.29 is 14.1 Å². The van der Waals surface area contributed by atoms with E-state index in [9.17, 15) is 4.79 Å². The summed E-state index contributed by atoms with van der Waals surface area (Å²) in [5.41, 5.74) is 4.86. The first kappa shape index (κ1) is 20.2. The monoisotopic (exact) mass is 408 g/mol. The zero-order valence-electron chi connectivity index (χ0n) is 18.0. The fourth-order valence-corrected chi connectivity index (χ4v) is 3.99. The van der Waals surface area contributed by atoms with Crippen molar-refractivity contribution in [3.63, 3.8) is 0 Å². The maximum absolute atomic E-state index is 12.9. The van der Waals surface area contributed by atoms with Gasteiger partial charge < -0.3 is 14.6 Å². The quantitative estimate of drug-likeness (QED) is 0.657. The number of ether oxygens (including phenoxy) is 1. The van der Waals surface area contributed by atoms with Crippen LogP contribution in [0.2, 0.25) is 0 Å². The summed E-state index contributed by atoms with van der Waals surface area (Å²) in [6.45, 7) is 9.29. The number of fused-ring (bicyclic) bond motifs is 1. The molecule has 1 unspecified atom stereocenters. The average Bonchev–Trinajstić information content (AvgIpc) is 3.25. The van der Waals surface area contributed by atoms with E-state index in [1.54, 1.807) is 0 Å². The third kappa shape index (κ3) is 3.97. The smallest absolute Gasteiger partial charge is 0.278 e. The number of anilines is 1. The minimum Gasteiger partial charge on any atom is -0.494 e. The van der Waals surface area contributed by atoms with Crippen LogP contribution in [0.1, 0.15) is 59.0 Å². The zero-order valence-corrected chi connectivity index (χ0v) is 18.0. The van der Waals surface area contributed by atoms with Gasteiger partial charge in [0.1, 0.15) is 11.5 Å². The standard InChI is InChI=1S/C23H28N4O3/c1-5-29-18-9-7-17(8-10-18)13-27-16(4)21(15(3)25-27)24-23(28)22-19-12-14(2)6-11-20(19)30-26-22/h7-10,14H,5-6,11-13H2,1-4H3,(H,24,28). The van der Waals surface area contributed by atoms with Gasteiger partial charge in [-0.3, -0.25) is 9.48 Å². The summed E-state index contributed by atoms with van der Waals surface area (Å²) in [4.78, 5) is 12.9. The van der Waals surface area contributed by atoms with E-state index in [1.807, 2.05) is 49.7 Å². The second-order valence-corrected chi connectivity index (χ2v) is 8.02. The Morgan fingerprint density at radius 1 is 1.30 bits per heavy atom. The second-order valence-electron chi connectivity index (χ2n) is 8.02. The molecule has 30 heavy (non-hydrogen) atoms. The van der Waals surface area contributed by atoms with Gasteiger partial charge in [-0.25, -0.2) is 0 Å². The number of rotatable bonds is 6. The molecule has 2 aromatic heterocycles. The Morgan fingerprint density at radius 2 is 2.07 bits per heavy atom. The topological polar surface area (TPSA) is 82.2 Å². The van der Waals surface area contributed by atoms with Crippen molar-refractivity contribution in [3.8, 4) is 5.75 Å². The highest BCUT2D eigenvalue weighted by atomic mass is 16.5. The Kier molecular flexibility index (Phi) is 5.61. The molecule has 2 heterocycles. The Labute approximate surface area is 176 Å². The molecule has 7 heteroatoms. The number of benzene rings is 1. The first-order valence-electron chi connectivity index (χ1n) is 10.5. The second kappa shape index (κ2) is 8.34. The Balaban J connectivity index is 1.51. The van der Waals surface area contributed by atoms with Crippen molar-refractivity contribution in [1.82, 2.24) is 14.9 Å². The molecule has 0 saturated heterocycles. The Hall–Kier alpha value is -3.09. The van der Waals surface area contributed by atoms with E-state index in [4.69, 9.17) is 9.26 Å². The summed E-state index contributed by atoms with van der Waals surface area (Å²) in [5.74, 6) is 2.00. The van der Waals surface area contributed by atoms with Gasteiger partial charge in [0.05, 0.1) is 30.2 Å². The van der Waals surface area contributed by atoms with Gasteiger partial charge >= 0.3 is 0 Å². The van der Waals surface area contributed by atoms with Crippen LogP contribution in [0.5, 0.6) is 5.75 Å². The maximum Gasteiger partial charge on any atom is 0.278 e. The van der Waals surface area contributed by atoms with Crippen molar-refractivity contribution in [2.45, 2.75) is 53.5 Å². The van der Waals surface area contributed by atoms with Crippen LogP contribution in [-0.2, 0) is 19.4 Å². The molecule has 0 spiro atoms. The van der Waals surface area contributed by atoms with Gasteiger partial charge in [-0.2, -0.15) is 5.10 Å². The molecule has 0 fully saturated rings. The highest BCUT2D eigenvalue weighted by Gasteiger charge is 2.28. The first-order chi connectivity index (χ1) is 14.5. The van der Waals surface area contributed by atoms with Crippen LogP contribution >= 0.6 is 0 Å². The van der Waals surface area contributed by atoms with E-state index < -0.39 is 0 Å². The largest absolute Gasteiger partial charge is 0.494 e. The van der Waals surface area contributed by atoms with E-state index in [2.05, 4.69) is 22.5 Å². The summed E-state index contributed by atoms with van der Waals surface area (Å²) in [5, 5.41) is 11.7. The SMILES string of the molecule is CCOc1ccc(Cn2nc(C)c(NC(=O)c3noc4c3CC(C)CC4)c2C)cc1. The lowest BCUT2D eigenvalue weighted by molar-refractivity contribution is 0.101. The minimum atomic E-state index is -0.235. The molecule has 1 aliphatic carbocycles.